The molecule has 3 rings (SSSR count). The number of esters is 4. The normalized spacial score (nSPS) is 19.2. The van der Waals surface area contributed by atoms with Gasteiger partial charge in [0.05, 0.1) is 0 Å². The number of anilines is 2. The van der Waals surface area contributed by atoms with Gasteiger partial charge in [0.2, 0.25) is 18.4 Å². The van der Waals surface area contributed by atoms with E-state index in [4.69, 9.17) is 51.6 Å². The van der Waals surface area contributed by atoms with Crippen molar-refractivity contribution in [2.75, 3.05) is 48.2 Å². The van der Waals surface area contributed by atoms with Crippen molar-refractivity contribution >= 4 is 70.5 Å². The van der Waals surface area contributed by atoms with Gasteiger partial charge in [0, 0.05) is 63.4 Å². The summed E-state index contributed by atoms with van der Waals surface area (Å²) < 4.78 is 46.1. The number of hydrogen-bond acceptors (Lipinski definition) is 13. The van der Waals surface area contributed by atoms with Gasteiger partial charge in [0.25, 0.3) is 0 Å². The van der Waals surface area contributed by atoms with E-state index >= 15 is 4.39 Å². The average molecular weight is 787 g/mol. The van der Waals surface area contributed by atoms with E-state index in [0.29, 0.717) is 43.4 Å². The lowest BCUT2D eigenvalue weighted by Crippen LogP contribution is -2.61. The highest BCUT2D eigenvalue weighted by molar-refractivity contribution is 6.18. The third kappa shape index (κ3) is 14.7. The highest BCUT2D eigenvalue weighted by atomic mass is 35.5. The van der Waals surface area contributed by atoms with Gasteiger partial charge in [0.1, 0.15) is 25.0 Å². The predicted octanol–water partition coefficient (Wildman–Crippen LogP) is 4.05. The summed E-state index contributed by atoms with van der Waals surface area (Å²) in [5.41, 5.74) is 2.41. The summed E-state index contributed by atoms with van der Waals surface area (Å²) >= 11 is 11.8. The fourth-order valence-corrected chi connectivity index (χ4v) is 5.54. The fraction of sp³-hybridized carbons (Fsp3) is 0.486. The molecule has 0 saturated carbocycles. The molecule has 2 amide bonds. The minimum Gasteiger partial charge on any atom is -0.463 e. The SMILES string of the molecule is CC(=O)OC[C@H]1O[C@@H](OC(=O)NCC(=O)Nc2ccc(OC(=O)CCCc3ccc(N(CCCl)CCCl)cc3)cc2)[C@H](F)[C@@H](OC(C)=O)[C@@H]1OC(C)=O. The summed E-state index contributed by atoms with van der Waals surface area (Å²) in [6, 6.07) is 13.9. The van der Waals surface area contributed by atoms with Gasteiger partial charge in [0.15, 0.2) is 12.2 Å². The van der Waals surface area contributed by atoms with Crippen molar-refractivity contribution in [3.05, 3.63) is 54.1 Å². The lowest BCUT2D eigenvalue weighted by atomic mass is 9.99. The number of alkyl halides is 3. The predicted molar refractivity (Wildman–Crippen MR) is 190 cm³/mol. The number of hydrogen-bond donors (Lipinski definition) is 2. The Hall–Kier alpha value is -4.67. The number of rotatable bonds is 18. The average Bonchev–Trinajstić information content (AvgIpc) is 3.10. The van der Waals surface area contributed by atoms with Crippen molar-refractivity contribution in [2.45, 2.75) is 70.8 Å². The van der Waals surface area contributed by atoms with Gasteiger partial charge >= 0.3 is 30.0 Å². The number of nitrogens with zero attached hydrogens (tertiary/aromatic N) is 1. The van der Waals surface area contributed by atoms with Crippen LogP contribution in [0, 0.1) is 0 Å². The van der Waals surface area contributed by atoms with E-state index in [0.717, 1.165) is 32.0 Å². The second-order valence-corrected chi connectivity index (χ2v) is 12.4. The summed E-state index contributed by atoms with van der Waals surface area (Å²) in [7, 11) is 0. The Kier molecular flexibility index (Phi) is 17.5. The van der Waals surface area contributed by atoms with Crippen LogP contribution >= 0.6 is 23.2 Å². The van der Waals surface area contributed by atoms with E-state index in [1.807, 2.05) is 24.3 Å². The highest BCUT2D eigenvalue weighted by Gasteiger charge is 2.52. The maximum atomic E-state index is 15.4. The number of carbonyl (C=O) groups is 6. The van der Waals surface area contributed by atoms with Crippen LogP contribution in [0.25, 0.3) is 0 Å². The lowest BCUT2D eigenvalue weighted by Gasteiger charge is -2.41. The molecular formula is C35H42Cl2FN3O12. The zero-order valence-electron chi connectivity index (χ0n) is 29.3. The Labute approximate surface area is 315 Å². The van der Waals surface area contributed by atoms with Gasteiger partial charge in [-0.3, -0.25) is 24.0 Å². The van der Waals surface area contributed by atoms with E-state index in [-0.39, 0.29) is 12.2 Å². The van der Waals surface area contributed by atoms with Crippen LogP contribution < -0.4 is 20.3 Å². The summed E-state index contributed by atoms with van der Waals surface area (Å²) in [5, 5.41) is 4.67. The number of benzene rings is 2. The summed E-state index contributed by atoms with van der Waals surface area (Å²) in [6.45, 7) is 3.32. The topological polar surface area (TPSA) is 185 Å². The second-order valence-electron chi connectivity index (χ2n) is 11.6. The first-order valence-corrected chi connectivity index (χ1v) is 17.6. The fourth-order valence-electron chi connectivity index (χ4n) is 5.13. The Balaban J connectivity index is 1.44. The van der Waals surface area contributed by atoms with Gasteiger partial charge < -0.3 is 44.0 Å². The monoisotopic (exact) mass is 785 g/mol. The summed E-state index contributed by atoms with van der Waals surface area (Å²) in [4.78, 5) is 74.1. The Morgan fingerprint density at radius 3 is 2.04 bits per heavy atom. The molecule has 1 aliphatic rings. The van der Waals surface area contributed by atoms with E-state index in [1.165, 1.54) is 24.3 Å². The minimum atomic E-state index is -2.33. The first-order chi connectivity index (χ1) is 25.3. The molecule has 0 radical (unpaired) electrons. The molecule has 0 spiro atoms. The lowest BCUT2D eigenvalue weighted by molar-refractivity contribution is -0.278. The maximum Gasteiger partial charge on any atom is 0.410 e. The summed E-state index contributed by atoms with van der Waals surface area (Å²) in [5.74, 6) is -2.40. The molecule has 290 valence electrons. The van der Waals surface area contributed by atoms with E-state index in [2.05, 4.69) is 15.5 Å². The first kappa shape index (κ1) is 42.7. The van der Waals surface area contributed by atoms with Crippen LogP contribution in [0.1, 0.15) is 39.2 Å². The van der Waals surface area contributed by atoms with Crippen molar-refractivity contribution in [3.63, 3.8) is 0 Å². The smallest absolute Gasteiger partial charge is 0.410 e. The van der Waals surface area contributed by atoms with Crippen molar-refractivity contribution in [3.8, 4) is 5.75 Å². The number of amides is 2. The molecule has 1 fully saturated rings. The van der Waals surface area contributed by atoms with Crippen molar-refractivity contribution < 1.29 is 61.6 Å². The van der Waals surface area contributed by atoms with E-state index in [9.17, 15) is 28.8 Å². The third-order valence-corrected chi connectivity index (χ3v) is 7.81. The standard InChI is InChI=1S/C35H42Cl2FN3O12/c1-21(42)48-20-28-32(49-22(2)43)33(50-23(3)44)31(38)34(52-28)53-35(47)39-19-29(45)40-25-9-13-27(14-10-25)51-30(46)6-4-5-24-7-11-26(12-8-24)41(17-15-36)18-16-37/h7-14,28,31-34H,4-6,15-20H2,1-3H3,(H,39,47)(H,40,45)/t28-,31-,32-,33-,34+/m1/s1. The largest absolute Gasteiger partial charge is 0.463 e. The van der Waals surface area contributed by atoms with Crippen molar-refractivity contribution in [1.82, 2.24) is 5.32 Å². The van der Waals surface area contributed by atoms with Gasteiger partial charge in [-0.2, -0.15) is 0 Å². The molecule has 1 saturated heterocycles. The number of ether oxygens (including phenoxy) is 6. The van der Waals surface area contributed by atoms with Crippen molar-refractivity contribution in [1.29, 1.82) is 0 Å². The number of carbonyl (C=O) groups excluding carboxylic acids is 6. The van der Waals surface area contributed by atoms with Gasteiger partial charge in [-0.25, -0.2) is 9.18 Å². The zero-order valence-corrected chi connectivity index (χ0v) is 30.9. The highest BCUT2D eigenvalue weighted by Crippen LogP contribution is 2.30. The van der Waals surface area contributed by atoms with Gasteiger partial charge in [-0.15, -0.1) is 23.2 Å². The molecule has 2 N–H and O–H groups in total. The molecule has 1 heterocycles. The molecular weight excluding hydrogens is 744 g/mol. The molecule has 53 heavy (non-hydrogen) atoms. The maximum absolute atomic E-state index is 15.4. The van der Waals surface area contributed by atoms with Crippen LogP contribution in [0.2, 0.25) is 0 Å². The number of alkyl carbamates (subject to hydrolysis) is 1. The quantitative estimate of drug-likeness (QED) is 0.0956. The molecule has 2 aromatic carbocycles. The van der Waals surface area contributed by atoms with Crippen LogP contribution in [0.3, 0.4) is 0 Å². The van der Waals surface area contributed by atoms with Crippen LogP contribution in [-0.2, 0) is 54.1 Å². The van der Waals surface area contributed by atoms with E-state index in [1.54, 1.807) is 0 Å². The first-order valence-electron chi connectivity index (χ1n) is 16.6. The molecule has 0 aromatic heterocycles. The molecule has 18 heteroatoms. The number of nitrogens with one attached hydrogen (secondary N) is 2. The minimum absolute atomic E-state index is 0.186. The van der Waals surface area contributed by atoms with Crippen LogP contribution in [0.5, 0.6) is 5.75 Å². The number of aryl methyl sites for hydroxylation is 1. The van der Waals surface area contributed by atoms with Crippen LogP contribution in [-0.4, -0.2) is 105 Å². The second kappa shape index (κ2) is 21.8. The molecule has 2 aromatic rings. The van der Waals surface area contributed by atoms with Crippen LogP contribution in [0.4, 0.5) is 20.6 Å². The summed E-state index contributed by atoms with van der Waals surface area (Å²) in [6.07, 6.45) is -8.88. The Bertz CT molecular complexity index is 1540. The molecule has 0 unspecified atom stereocenters. The number of halogens is 3. The van der Waals surface area contributed by atoms with E-state index < -0.39 is 79.8 Å². The van der Waals surface area contributed by atoms with Gasteiger partial charge in [-0.1, -0.05) is 12.1 Å². The molecule has 5 atom stereocenters. The van der Waals surface area contributed by atoms with Crippen molar-refractivity contribution in [2.24, 2.45) is 0 Å². The van der Waals surface area contributed by atoms with Crippen LogP contribution in [0.15, 0.2) is 48.5 Å². The molecule has 0 aliphatic carbocycles. The Morgan fingerprint density at radius 2 is 1.45 bits per heavy atom. The Morgan fingerprint density at radius 1 is 0.830 bits per heavy atom. The molecule has 1 aliphatic heterocycles. The third-order valence-electron chi connectivity index (χ3n) is 7.47. The zero-order chi connectivity index (χ0) is 38.9. The van der Waals surface area contributed by atoms with Gasteiger partial charge in [-0.05, 0) is 54.8 Å². The molecule has 0 bridgehead atoms. The molecule has 15 nitrogen and oxygen atoms in total.